The van der Waals surface area contributed by atoms with E-state index >= 15 is 0 Å². The number of rotatable bonds is 5. The van der Waals surface area contributed by atoms with Crippen LogP contribution >= 0.6 is 0 Å². The normalized spacial score (nSPS) is 17.9. The number of hydrogen-bond donors (Lipinski definition) is 0. The highest BCUT2D eigenvalue weighted by Gasteiger charge is 2.26. The fourth-order valence-electron chi connectivity index (χ4n) is 4.29. The van der Waals surface area contributed by atoms with E-state index in [0.29, 0.717) is 5.92 Å². The smallest absolute Gasteiger partial charge is 0.257 e. The molecule has 29 heavy (non-hydrogen) atoms. The zero-order valence-electron chi connectivity index (χ0n) is 17.7. The molecule has 5 heteroatoms. The zero-order valence-corrected chi connectivity index (χ0v) is 17.7. The van der Waals surface area contributed by atoms with Crippen molar-refractivity contribution in [1.29, 1.82) is 0 Å². The maximum atomic E-state index is 13.2. The summed E-state index contributed by atoms with van der Waals surface area (Å²) in [4.78, 5) is 24.4. The number of carbonyl (C=O) groups is 1. The molecule has 0 spiro atoms. The van der Waals surface area contributed by atoms with Crippen LogP contribution in [0.15, 0.2) is 42.6 Å². The molecular formula is C24H32N4O. The fourth-order valence-corrected chi connectivity index (χ4v) is 4.29. The van der Waals surface area contributed by atoms with Crippen LogP contribution in [-0.2, 0) is 6.54 Å². The summed E-state index contributed by atoms with van der Waals surface area (Å²) >= 11 is 0. The summed E-state index contributed by atoms with van der Waals surface area (Å²) in [6, 6.07) is 12.8. The average Bonchev–Trinajstić information content (AvgIpc) is 3.29. The molecule has 4 rings (SSSR count). The van der Waals surface area contributed by atoms with Crippen molar-refractivity contribution in [1.82, 2.24) is 14.8 Å². The molecule has 0 unspecified atom stereocenters. The second kappa shape index (κ2) is 8.95. The Morgan fingerprint density at radius 1 is 0.966 bits per heavy atom. The van der Waals surface area contributed by atoms with Gasteiger partial charge in [0, 0.05) is 52.0 Å². The third-order valence-electron chi connectivity index (χ3n) is 6.13. The molecule has 5 nitrogen and oxygen atoms in total. The third-order valence-corrected chi connectivity index (χ3v) is 6.13. The number of hydrogen-bond acceptors (Lipinski definition) is 4. The quantitative estimate of drug-likeness (QED) is 0.777. The minimum atomic E-state index is 0.126. The lowest BCUT2D eigenvalue weighted by atomic mass is 10.0. The van der Waals surface area contributed by atoms with Gasteiger partial charge in [0.05, 0.1) is 5.56 Å². The van der Waals surface area contributed by atoms with E-state index in [1.165, 1.54) is 24.0 Å². The molecule has 0 bridgehead atoms. The van der Waals surface area contributed by atoms with Gasteiger partial charge < -0.3 is 9.80 Å². The molecule has 2 aromatic rings. The van der Waals surface area contributed by atoms with Gasteiger partial charge in [-0.25, -0.2) is 4.98 Å². The molecule has 2 aliphatic rings. The second-order valence-electron chi connectivity index (χ2n) is 8.53. The molecule has 0 saturated carbocycles. The van der Waals surface area contributed by atoms with Crippen molar-refractivity contribution in [3.63, 3.8) is 0 Å². The van der Waals surface area contributed by atoms with E-state index in [4.69, 9.17) is 0 Å². The number of anilines is 1. The number of carbonyl (C=O) groups excluding carboxylic acids is 1. The SMILES string of the molecule is CC(C)c1ccc(CN2CCN(C(=O)c3cccnc3N3CCCC3)CC2)cc1. The molecule has 0 aliphatic carbocycles. The summed E-state index contributed by atoms with van der Waals surface area (Å²) in [6.45, 7) is 10.8. The Morgan fingerprint density at radius 2 is 1.66 bits per heavy atom. The number of piperazine rings is 1. The lowest BCUT2D eigenvalue weighted by Gasteiger charge is -2.35. The van der Waals surface area contributed by atoms with Crippen LogP contribution in [0.1, 0.15) is 54.1 Å². The third kappa shape index (κ3) is 4.61. The Morgan fingerprint density at radius 3 is 2.31 bits per heavy atom. The molecule has 3 heterocycles. The predicted molar refractivity (Wildman–Crippen MR) is 117 cm³/mol. The summed E-state index contributed by atoms with van der Waals surface area (Å²) in [5.74, 6) is 1.56. The minimum Gasteiger partial charge on any atom is -0.356 e. The molecule has 0 atom stereocenters. The lowest BCUT2D eigenvalue weighted by Crippen LogP contribution is -2.48. The van der Waals surface area contributed by atoms with E-state index in [1.807, 2.05) is 17.0 Å². The number of aromatic nitrogens is 1. The monoisotopic (exact) mass is 392 g/mol. The van der Waals surface area contributed by atoms with Crippen LogP contribution in [0.4, 0.5) is 5.82 Å². The molecular weight excluding hydrogens is 360 g/mol. The number of nitrogens with zero attached hydrogens (tertiary/aromatic N) is 4. The van der Waals surface area contributed by atoms with E-state index in [9.17, 15) is 4.79 Å². The summed E-state index contributed by atoms with van der Waals surface area (Å²) in [7, 11) is 0. The molecule has 0 radical (unpaired) electrons. The standard InChI is InChI=1S/C24H32N4O/c1-19(2)21-9-7-20(8-10-21)18-26-14-16-28(17-15-26)24(29)22-6-5-11-25-23(22)27-12-3-4-13-27/h5-11,19H,3-4,12-18H2,1-2H3. The number of benzene rings is 1. The highest BCUT2D eigenvalue weighted by molar-refractivity contribution is 5.99. The summed E-state index contributed by atoms with van der Waals surface area (Å²) in [6.07, 6.45) is 4.16. The summed E-state index contributed by atoms with van der Waals surface area (Å²) in [5.41, 5.74) is 3.49. The summed E-state index contributed by atoms with van der Waals surface area (Å²) < 4.78 is 0. The Balaban J connectivity index is 1.35. The van der Waals surface area contributed by atoms with E-state index in [-0.39, 0.29) is 5.91 Å². The Hall–Kier alpha value is -2.40. The van der Waals surface area contributed by atoms with Crippen LogP contribution < -0.4 is 4.90 Å². The summed E-state index contributed by atoms with van der Waals surface area (Å²) in [5, 5.41) is 0. The first-order chi connectivity index (χ1) is 14.1. The highest BCUT2D eigenvalue weighted by atomic mass is 16.2. The van der Waals surface area contributed by atoms with Crippen molar-refractivity contribution >= 4 is 11.7 Å². The van der Waals surface area contributed by atoms with Crippen LogP contribution in [-0.4, -0.2) is 60.0 Å². The van der Waals surface area contributed by atoms with Crippen LogP contribution in [0, 0.1) is 0 Å². The molecule has 2 saturated heterocycles. The zero-order chi connectivity index (χ0) is 20.2. The van der Waals surface area contributed by atoms with Crippen molar-refractivity contribution < 1.29 is 4.79 Å². The first-order valence-corrected chi connectivity index (χ1v) is 10.9. The minimum absolute atomic E-state index is 0.126. The first kappa shape index (κ1) is 19.9. The molecule has 1 aromatic carbocycles. The van der Waals surface area contributed by atoms with Gasteiger partial charge in [-0.1, -0.05) is 38.1 Å². The van der Waals surface area contributed by atoms with Gasteiger partial charge in [0.1, 0.15) is 5.82 Å². The molecule has 154 valence electrons. The molecule has 2 aliphatic heterocycles. The molecule has 1 amide bonds. The van der Waals surface area contributed by atoms with Gasteiger partial charge in [-0.05, 0) is 42.0 Å². The van der Waals surface area contributed by atoms with Gasteiger partial charge in [0.25, 0.3) is 5.91 Å². The molecule has 0 N–H and O–H groups in total. The number of pyridine rings is 1. The van der Waals surface area contributed by atoms with Gasteiger partial charge in [-0.15, -0.1) is 0 Å². The van der Waals surface area contributed by atoms with Crippen molar-refractivity contribution in [2.45, 2.75) is 39.2 Å². The van der Waals surface area contributed by atoms with Crippen molar-refractivity contribution in [3.05, 3.63) is 59.3 Å². The van der Waals surface area contributed by atoms with Crippen LogP contribution in [0.2, 0.25) is 0 Å². The van der Waals surface area contributed by atoms with Gasteiger partial charge >= 0.3 is 0 Å². The van der Waals surface area contributed by atoms with Crippen LogP contribution in [0.5, 0.6) is 0 Å². The first-order valence-electron chi connectivity index (χ1n) is 10.9. The number of amides is 1. The van der Waals surface area contributed by atoms with Gasteiger partial charge in [-0.2, -0.15) is 0 Å². The Bertz CT molecular complexity index is 819. The van der Waals surface area contributed by atoms with Gasteiger partial charge in [-0.3, -0.25) is 9.69 Å². The topological polar surface area (TPSA) is 39.7 Å². The molecule has 2 fully saturated rings. The predicted octanol–water partition coefficient (Wildman–Crippen LogP) is 3.76. The van der Waals surface area contributed by atoms with E-state index in [0.717, 1.165) is 57.2 Å². The fraction of sp³-hybridized carbons (Fsp3) is 0.500. The maximum absolute atomic E-state index is 13.2. The lowest BCUT2D eigenvalue weighted by molar-refractivity contribution is 0.0628. The largest absolute Gasteiger partial charge is 0.356 e. The van der Waals surface area contributed by atoms with Crippen molar-refractivity contribution in [2.24, 2.45) is 0 Å². The Labute approximate surface area is 174 Å². The Kier molecular flexibility index (Phi) is 6.14. The van der Waals surface area contributed by atoms with E-state index in [1.54, 1.807) is 6.20 Å². The van der Waals surface area contributed by atoms with Gasteiger partial charge in [0.15, 0.2) is 0 Å². The van der Waals surface area contributed by atoms with Crippen molar-refractivity contribution in [2.75, 3.05) is 44.2 Å². The van der Waals surface area contributed by atoms with E-state index in [2.05, 4.69) is 52.9 Å². The van der Waals surface area contributed by atoms with E-state index < -0.39 is 0 Å². The van der Waals surface area contributed by atoms with Crippen molar-refractivity contribution in [3.8, 4) is 0 Å². The van der Waals surface area contributed by atoms with Crippen LogP contribution in [0.25, 0.3) is 0 Å². The molecule has 1 aromatic heterocycles. The van der Waals surface area contributed by atoms with Crippen LogP contribution in [0.3, 0.4) is 0 Å². The average molecular weight is 393 g/mol. The van der Waals surface area contributed by atoms with Gasteiger partial charge in [0.2, 0.25) is 0 Å². The highest BCUT2D eigenvalue weighted by Crippen LogP contribution is 2.24. The second-order valence-corrected chi connectivity index (χ2v) is 8.53. The maximum Gasteiger partial charge on any atom is 0.257 e.